The van der Waals surface area contributed by atoms with Crippen LogP contribution in [0.3, 0.4) is 0 Å². The van der Waals surface area contributed by atoms with Crippen molar-refractivity contribution in [1.29, 1.82) is 0 Å². The van der Waals surface area contributed by atoms with Gasteiger partial charge in [0.25, 0.3) is 0 Å². The van der Waals surface area contributed by atoms with E-state index >= 15 is 0 Å². The molecule has 0 spiro atoms. The van der Waals surface area contributed by atoms with Gasteiger partial charge in [-0.25, -0.2) is 8.78 Å². The lowest BCUT2D eigenvalue weighted by molar-refractivity contribution is 0.558. The number of rotatable bonds is 5. The van der Waals surface area contributed by atoms with E-state index in [9.17, 15) is 8.78 Å². The summed E-state index contributed by atoms with van der Waals surface area (Å²) in [6, 6.07) is 8.69. The first-order chi connectivity index (χ1) is 9.99. The van der Waals surface area contributed by atoms with E-state index in [1.807, 2.05) is 13.0 Å². The van der Waals surface area contributed by atoms with E-state index in [-0.39, 0.29) is 6.04 Å². The predicted molar refractivity (Wildman–Crippen MR) is 85.6 cm³/mol. The van der Waals surface area contributed by atoms with Crippen LogP contribution in [0.1, 0.15) is 30.5 Å². The molecule has 0 bridgehead atoms. The molecule has 2 rings (SSSR count). The second-order valence-corrected chi connectivity index (χ2v) is 6.14. The molecule has 2 aromatic rings. The zero-order valence-corrected chi connectivity index (χ0v) is 13.8. The SMILES string of the molecule is CCCNC(c1cc(F)cc(F)c1)c1cc(Cl)cc(Br)c1. The van der Waals surface area contributed by atoms with Crippen LogP contribution >= 0.6 is 27.5 Å². The van der Waals surface area contributed by atoms with Crippen LogP contribution in [0.15, 0.2) is 40.9 Å². The van der Waals surface area contributed by atoms with E-state index in [1.54, 1.807) is 12.1 Å². The van der Waals surface area contributed by atoms with Crippen LogP contribution in [0.5, 0.6) is 0 Å². The minimum absolute atomic E-state index is 0.315. The van der Waals surface area contributed by atoms with E-state index in [0.717, 1.165) is 29.1 Å². The summed E-state index contributed by atoms with van der Waals surface area (Å²) in [5.41, 5.74) is 1.39. The lowest BCUT2D eigenvalue weighted by atomic mass is 9.98. The zero-order chi connectivity index (χ0) is 15.4. The van der Waals surface area contributed by atoms with Crippen LogP contribution in [0, 0.1) is 11.6 Å². The first kappa shape index (κ1) is 16.4. The van der Waals surface area contributed by atoms with Crippen molar-refractivity contribution in [2.75, 3.05) is 6.54 Å². The lowest BCUT2D eigenvalue weighted by Crippen LogP contribution is -2.23. The molecule has 0 aliphatic rings. The molecule has 0 saturated carbocycles. The predicted octanol–water partition coefficient (Wildman–Crippen LogP) is 5.47. The fourth-order valence-corrected chi connectivity index (χ4v) is 3.09. The van der Waals surface area contributed by atoms with Crippen molar-refractivity contribution >= 4 is 27.5 Å². The van der Waals surface area contributed by atoms with Crippen molar-refractivity contribution in [2.45, 2.75) is 19.4 Å². The zero-order valence-electron chi connectivity index (χ0n) is 11.5. The molecule has 1 N–H and O–H groups in total. The molecule has 2 aromatic carbocycles. The smallest absolute Gasteiger partial charge is 0.126 e. The minimum Gasteiger partial charge on any atom is -0.306 e. The molecule has 112 valence electrons. The molecule has 0 aliphatic heterocycles. The summed E-state index contributed by atoms with van der Waals surface area (Å²) in [7, 11) is 0. The normalized spacial score (nSPS) is 12.4. The minimum atomic E-state index is -0.589. The van der Waals surface area contributed by atoms with Gasteiger partial charge in [-0.3, -0.25) is 0 Å². The van der Waals surface area contributed by atoms with E-state index in [1.165, 1.54) is 12.1 Å². The van der Waals surface area contributed by atoms with E-state index in [4.69, 9.17) is 11.6 Å². The van der Waals surface area contributed by atoms with Crippen LogP contribution in [0.25, 0.3) is 0 Å². The summed E-state index contributed by atoms with van der Waals surface area (Å²) >= 11 is 9.46. The highest BCUT2D eigenvalue weighted by atomic mass is 79.9. The second kappa shape index (κ2) is 7.34. The molecule has 1 atom stereocenters. The molecule has 0 heterocycles. The second-order valence-electron chi connectivity index (χ2n) is 4.79. The van der Waals surface area contributed by atoms with Crippen molar-refractivity contribution in [3.05, 3.63) is 68.7 Å². The Hall–Kier alpha value is -0.970. The summed E-state index contributed by atoms with van der Waals surface area (Å²) in [6.07, 6.45) is 0.913. The van der Waals surface area contributed by atoms with Gasteiger partial charge in [0.15, 0.2) is 0 Å². The number of halogens is 4. The van der Waals surface area contributed by atoms with Crippen LogP contribution in [-0.4, -0.2) is 6.54 Å². The van der Waals surface area contributed by atoms with Gasteiger partial charge < -0.3 is 5.32 Å². The van der Waals surface area contributed by atoms with Gasteiger partial charge in [0.2, 0.25) is 0 Å². The number of benzene rings is 2. The molecule has 0 amide bonds. The lowest BCUT2D eigenvalue weighted by Gasteiger charge is -2.20. The summed E-state index contributed by atoms with van der Waals surface area (Å²) in [6.45, 7) is 2.76. The first-order valence-corrected chi connectivity index (χ1v) is 7.82. The Labute approximate surface area is 136 Å². The van der Waals surface area contributed by atoms with Crippen molar-refractivity contribution < 1.29 is 8.78 Å². The van der Waals surface area contributed by atoms with Crippen LogP contribution in [0.4, 0.5) is 8.78 Å². The molecular weight excluding hydrogens is 360 g/mol. The Balaban J connectivity index is 2.46. The van der Waals surface area contributed by atoms with Gasteiger partial charge in [-0.1, -0.05) is 34.5 Å². The highest BCUT2D eigenvalue weighted by Gasteiger charge is 2.16. The maximum Gasteiger partial charge on any atom is 0.126 e. The maximum absolute atomic E-state index is 13.5. The van der Waals surface area contributed by atoms with Crippen molar-refractivity contribution in [3.63, 3.8) is 0 Å². The molecule has 1 unspecified atom stereocenters. The fraction of sp³-hybridized carbons (Fsp3) is 0.250. The van der Waals surface area contributed by atoms with Crippen LogP contribution in [0.2, 0.25) is 5.02 Å². The summed E-state index contributed by atoms with van der Waals surface area (Å²) in [5.74, 6) is -1.18. The molecule has 0 aromatic heterocycles. The monoisotopic (exact) mass is 373 g/mol. The molecule has 21 heavy (non-hydrogen) atoms. The number of nitrogens with one attached hydrogen (secondary N) is 1. The van der Waals surface area contributed by atoms with Gasteiger partial charge in [-0.15, -0.1) is 0 Å². The van der Waals surface area contributed by atoms with Crippen LogP contribution in [-0.2, 0) is 0 Å². The third kappa shape index (κ3) is 4.50. The maximum atomic E-state index is 13.5. The van der Waals surface area contributed by atoms with Crippen molar-refractivity contribution in [3.8, 4) is 0 Å². The highest BCUT2D eigenvalue weighted by Crippen LogP contribution is 2.29. The Bertz CT molecular complexity index is 542. The molecule has 0 fully saturated rings. The topological polar surface area (TPSA) is 12.0 Å². The van der Waals surface area contributed by atoms with Crippen molar-refractivity contribution in [2.24, 2.45) is 0 Å². The first-order valence-electron chi connectivity index (χ1n) is 6.65. The van der Waals surface area contributed by atoms with Crippen LogP contribution < -0.4 is 5.32 Å². The molecule has 5 heteroatoms. The summed E-state index contributed by atoms with van der Waals surface area (Å²) < 4.78 is 27.8. The fourth-order valence-electron chi connectivity index (χ4n) is 2.20. The molecule has 0 aliphatic carbocycles. The summed E-state index contributed by atoms with van der Waals surface area (Å²) in [5, 5.41) is 3.87. The Kier molecular flexibility index (Phi) is 5.73. The third-order valence-corrected chi connectivity index (χ3v) is 3.71. The highest BCUT2D eigenvalue weighted by molar-refractivity contribution is 9.10. The Morgan fingerprint density at radius 1 is 1.05 bits per heavy atom. The number of hydrogen-bond acceptors (Lipinski definition) is 1. The van der Waals surface area contributed by atoms with E-state index in [0.29, 0.717) is 10.6 Å². The van der Waals surface area contributed by atoms with Gasteiger partial charge >= 0.3 is 0 Å². The summed E-state index contributed by atoms with van der Waals surface area (Å²) in [4.78, 5) is 0. The molecule has 0 saturated heterocycles. The Morgan fingerprint density at radius 2 is 1.67 bits per heavy atom. The van der Waals surface area contributed by atoms with E-state index in [2.05, 4.69) is 21.2 Å². The number of hydrogen-bond donors (Lipinski definition) is 1. The van der Waals surface area contributed by atoms with Gasteiger partial charge in [-0.05, 0) is 54.4 Å². The van der Waals surface area contributed by atoms with Crippen molar-refractivity contribution in [1.82, 2.24) is 5.32 Å². The van der Waals surface area contributed by atoms with E-state index < -0.39 is 11.6 Å². The van der Waals surface area contributed by atoms with Gasteiger partial charge in [0.05, 0.1) is 6.04 Å². The quantitative estimate of drug-likeness (QED) is 0.732. The molecule has 0 radical (unpaired) electrons. The average molecular weight is 375 g/mol. The molecular formula is C16H15BrClF2N. The largest absolute Gasteiger partial charge is 0.306 e. The standard InChI is InChI=1S/C16H15BrClF2N/c1-2-3-21-16(10-4-12(17)8-13(18)5-10)11-6-14(19)9-15(20)7-11/h4-9,16,21H,2-3H2,1H3. The Morgan fingerprint density at radius 3 is 2.24 bits per heavy atom. The molecule has 1 nitrogen and oxygen atoms in total. The van der Waals surface area contributed by atoms with Gasteiger partial charge in [0.1, 0.15) is 11.6 Å². The average Bonchev–Trinajstić information content (AvgIpc) is 2.37. The van der Waals surface area contributed by atoms with Gasteiger partial charge in [-0.2, -0.15) is 0 Å². The van der Waals surface area contributed by atoms with Gasteiger partial charge in [0, 0.05) is 15.6 Å². The third-order valence-electron chi connectivity index (χ3n) is 3.03.